The maximum absolute atomic E-state index is 12.5. The second-order valence-electron chi connectivity index (χ2n) is 5.39. The molecule has 27 heavy (non-hydrogen) atoms. The van der Waals surface area contributed by atoms with Gasteiger partial charge in [-0.05, 0) is 18.2 Å². The molecule has 0 aliphatic rings. The van der Waals surface area contributed by atoms with Crippen LogP contribution in [0.3, 0.4) is 0 Å². The molecular formula is C18H13F3N2O3S. The van der Waals surface area contributed by atoms with Crippen LogP contribution in [0.4, 0.5) is 13.2 Å². The van der Waals surface area contributed by atoms with Crippen LogP contribution in [-0.4, -0.2) is 28.8 Å². The molecule has 0 amide bonds. The quantitative estimate of drug-likeness (QED) is 0.445. The van der Waals surface area contributed by atoms with Crippen molar-refractivity contribution in [2.24, 2.45) is 0 Å². The normalized spacial score (nSPS) is 11.4. The summed E-state index contributed by atoms with van der Waals surface area (Å²) < 4.78 is 46.9. The smallest absolute Gasteiger partial charge is 0.471 e. The highest BCUT2D eigenvalue weighted by Gasteiger charge is 2.38. The van der Waals surface area contributed by atoms with Crippen molar-refractivity contribution in [3.05, 3.63) is 60.0 Å². The molecule has 3 aromatic rings. The molecule has 140 valence electrons. The standard InChI is InChI=1S/C18H13F3N2O3S/c1-25-13-3-2-4-14(9-13)27-10-15(24)11-5-7-12(8-6-11)16-22-17(26-23-16)18(19,20)21/h2-9H,10H2,1H3. The maximum atomic E-state index is 12.5. The molecule has 0 N–H and O–H groups in total. The van der Waals surface area contributed by atoms with E-state index in [0.717, 1.165) is 4.90 Å². The third-order valence-corrected chi connectivity index (χ3v) is 4.54. The summed E-state index contributed by atoms with van der Waals surface area (Å²) in [5.74, 6) is -0.791. The number of ketones is 1. The zero-order chi connectivity index (χ0) is 19.4. The number of alkyl halides is 3. The summed E-state index contributed by atoms with van der Waals surface area (Å²) in [6.45, 7) is 0. The largest absolute Gasteiger partial charge is 0.497 e. The zero-order valence-corrected chi connectivity index (χ0v) is 14.8. The Balaban J connectivity index is 1.66. The number of carbonyl (C=O) groups is 1. The minimum absolute atomic E-state index is 0.113. The monoisotopic (exact) mass is 394 g/mol. The fraction of sp³-hybridized carbons (Fsp3) is 0.167. The Kier molecular flexibility index (Phi) is 5.50. The van der Waals surface area contributed by atoms with Crippen LogP contribution in [0.25, 0.3) is 11.4 Å². The number of nitrogens with zero attached hydrogens (tertiary/aromatic N) is 2. The summed E-state index contributed by atoms with van der Waals surface area (Å²) >= 11 is 1.37. The summed E-state index contributed by atoms with van der Waals surface area (Å²) in [4.78, 5) is 16.5. The lowest BCUT2D eigenvalue weighted by atomic mass is 10.1. The molecule has 0 atom stereocenters. The predicted octanol–water partition coefficient (Wildman–Crippen LogP) is 4.74. The summed E-state index contributed by atoms with van der Waals surface area (Å²) in [5.41, 5.74) is 0.764. The van der Waals surface area contributed by atoms with Gasteiger partial charge in [-0.3, -0.25) is 4.79 Å². The molecule has 0 unspecified atom stereocenters. The van der Waals surface area contributed by atoms with E-state index in [1.54, 1.807) is 7.11 Å². The van der Waals surface area contributed by atoms with Crippen molar-refractivity contribution in [3.8, 4) is 17.1 Å². The number of benzene rings is 2. The number of halogens is 3. The minimum atomic E-state index is -4.70. The summed E-state index contributed by atoms with van der Waals surface area (Å²) in [6.07, 6.45) is -4.70. The number of thioether (sulfide) groups is 1. The molecule has 3 rings (SSSR count). The Labute approximate surface area is 156 Å². The van der Waals surface area contributed by atoms with Gasteiger partial charge in [0.15, 0.2) is 5.78 Å². The van der Waals surface area contributed by atoms with Crippen molar-refractivity contribution in [1.82, 2.24) is 10.1 Å². The van der Waals surface area contributed by atoms with Gasteiger partial charge >= 0.3 is 12.1 Å². The van der Waals surface area contributed by atoms with Gasteiger partial charge in [-0.1, -0.05) is 35.5 Å². The van der Waals surface area contributed by atoms with E-state index in [0.29, 0.717) is 16.9 Å². The molecule has 9 heteroatoms. The second kappa shape index (κ2) is 7.83. The molecule has 0 spiro atoms. The van der Waals surface area contributed by atoms with Crippen molar-refractivity contribution >= 4 is 17.5 Å². The number of hydrogen-bond acceptors (Lipinski definition) is 6. The summed E-state index contributed by atoms with van der Waals surface area (Å²) in [6, 6.07) is 13.4. The molecule has 2 aromatic carbocycles. The van der Waals surface area contributed by atoms with E-state index in [1.165, 1.54) is 36.0 Å². The van der Waals surface area contributed by atoms with Gasteiger partial charge in [0.1, 0.15) is 5.75 Å². The Morgan fingerprint density at radius 2 is 1.93 bits per heavy atom. The molecule has 0 fully saturated rings. The molecule has 1 aromatic heterocycles. The molecular weight excluding hydrogens is 381 g/mol. The van der Waals surface area contributed by atoms with Crippen molar-refractivity contribution in [3.63, 3.8) is 0 Å². The minimum Gasteiger partial charge on any atom is -0.497 e. The van der Waals surface area contributed by atoms with Gasteiger partial charge < -0.3 is 9.26 Å². The fourth-order valence-corrected chi connectivity index (χ4v) is 3.02. The summed E-state index contributed by atoms with van der Waals surface area (Å²) in [7, 11) is 1.57. The highest BCUT2D eigenvalue weighted by molar-refractivity contribution is 8.00. The molecule has 0 saturated carbocycles. The third kappa shape index (κ3) is 4.68. The lowest BCUT2D eigenvalue weighted by molar-refractivity contribution is -0.159. The number of methoxy groups -OCH3 is 1. The van der Waals surface area contributed by atoms with Crippen LogP contribution in [0.2, 0.25) is 0 Å². The molecule has 0 aliphatic carbocycles. The van der Waals surface area contributed by atoms with Crippen LogP contribution in [0.15, 0.2) is 57.9 Å². The predicted molar refractivity (Wildman–Crippen MR) is 92.8 cm³/mol. The van der Waals surface area contributed by atoms with Crippen LogP contribution >= 0.6 is 11.8 Å². The Morgan fingerprint density at radius 3 is 2.56 bits per heavy atom. The zero-order valence-electron chi connectivity index (χ0n) is 14.0. The van der Waals surface area contributed by atoms with Crippen LogP contribution in [0, 0.1) is 0 Å². The Morgan fingerprint density at radius 1 is 1.19 bits per heavy atom. The average Bonchev–Trinajstić information content (AvgIpc) is 3.17. The maximum Gasteiger partial charge on any atom is 0.471 e. The van der Waals surface area contributed by atoms with E-state index in [2.05, 4.69) is 14.7 Å². The molecule has 0 radical (unpaired) electrons. The van der Waals surface area contributed by atoms with E-state index in [9.17, 15) is 18.0 Å². The first kappa shape index (κ1) is 19.0. The highest BCUT2D eigenvalue weighted by Crippen LogP contribution is 2.29. The van der Waals surface area contributed by atoms with Gasteiger partial charge in [-0.25, -0.2) is 0 Å². The van der Waals surface area contributed by atoms with Crippen LogP contribution in [0.5, 0.6) is 5.75 Å². The van der Waals surface area contributed by atoms with Crippen LogP contribution < -0.4 is 4.74 Å². The van der Waals surface area contributed by atoms with Gasteiger partial charge in [0.05, 0.1) is 12.9 Å². The second-order valence-corrected chi connectivity index (χ2v) is 6.44. The van der Waals surface area contributed by atoms with Gasteiger partial charge in [0, 0.05) is 16.0 Å². The van der Waals surface area contributed by atoms with E-state index in [1.807, 2.05) is 24.3 Å². The average molecular weight is 394 g/mol. The topological polar surface area (TPSA) is 65.2 Å². The van der Waals surface area contributed by atoms with E-state index in [-0.39, 0.29) is 17.4 Å². The van der Waals surface area contributed by atoms with Crippen LogP contribution in [-0.2, 0) is 6.18 Å². The Hall–Kier alpha value is -2.81. The number of ether oxygens (including phenoxy) is 1. The summed E-state index contributed by atoms with van der Waals surface area (Å²) in [5, 5.41) is 3.31. The van der Waals surface area contributed by atoms with Crippen molar-refractivity contribution in [2.75, 3.05) is 12.9 Å². The number of carbonyl (C=O) groups excluding carboxylic acids is 1. The number of rotatable bonds is 6. The van der Waals surface area contributed by atoms with Gasteiger partial charge in [0.25, 0.3) is 0 Å². The Bertz CT molecular complexity index is 940. The molecule has 0 bridgehead atoms. The van der Waals surface area contributed by atoms with Gasteiger partial charge in [-0.2, -0.15) is 18.2 Å². The third-order valence-electron chi connectivity index (χ3n) is 3.54. The first-order valence-corrected chi connectivity index (χ1v) is 8.67. The van der Waals surface area contributed by atoms with E-state index in [4.69, 9.17) is 4.74 Å². The molecule has 0 aliphatic heterocycles. The first-order chi connectivity index (χ1) is 12.9. The van der Waals surface area contributed by atoms with Crippen molar-refractivity contribution in [2.45, 2.75) is 11.1 Å². The van der Waals surface area contributed by atoms with Crippen LogP contribution in [0.1, 0.15) is 16.2 Å². The van der Waals surface area contributed by atoms with Crippen molar-refractivity contribution in [1.29, 1.82) is 0 Å². The molecule has 1 heterocycles. The number of Topliss-reactive ketones (excluding diaryl/α,β-unsaturated/α-hetero) is 1. The molecule has 5 nitrogen and oxygen atoms in total. The number of aromatic nitrogens is 2. The number of hydrogen-bond donors (Lipinski definition) is 0. The van der Waals surface area contributed by atoms with Gasteiger partial charge in [-0.15, -0.1) is 11.8 Å². The SMILES string of the molecule is COc1cccc(SCC(=O)c2ccc(-c3noc(C(F)(F)F)n3)cc2)c1. The first-order valence-electron chi connectivity index (χ1n) is 7.68. The lowest BCUT2D eigenvalue weighted by Crippen LogP contribution is -2.05. The molecule has 0 saturated heterocycles. The lowest BCUT2D eigenvalue weighted by Gasteiger charge is -2.04. The highest BCUT2D eigenvalue weighted by atomic mass is 32.2. The van der Waals surface area contributed by atoms with Crippen molar-refractivity contribution < 1.29 is 27.2 Å². The van der Waals surface area contributed by atoms with E-state index >= 15 is 0 Å². The van der Waals surface area contributed by atoms with E-state index < -0.39 is 12.1 Å². The fourth-order valence-electron chi connectivity index (χ4n) is 2.18. The van der Waals surface area contributed by atoms with Gasteiger partial charge in [0.2, 0.25) is 5.82 Å².